The Balaban J connectivity index is 1.75. The van der Waals surface area contributed by atoms with E-state index >= 15 is 0 Å². The van der Waals surface area contributed by atoms with Crippen molar-refractivity contribution in [3.8, 4) is 0 Å². The van der Waals surface area contributed by atoms with Crippen molar-refractivity contribution in [2.24, 2.45) is 0 Å². The number of anilines is 3. The van der Waals surface area contributed by atoms with E-state index in [2.05, 4.69) is 15.2 Å². The zero-order chi connectivity index (χ0) is 16.2. The van der Waals surface area contributed by atoms with Gasteiger partial charge in [0, 0.05) is 30.5 Å². The van der Waals surface area contributed by atoms with Crippen LogP contribution in [0, 0.1) is 0 Å². The topological polar surface area (TPSA) is 80.5 Å². The lowest BCUT2D eigenvalue weighted by molar-refractivity contribution is 0.102. The Bertz CT molecular complexity index is 717. The third-order valence-corrected chi connectivity index (χ3v) is 3.94. The molecule has 1 aromatic carbocycles. The van der Waals surface area contributed by atoms with Crippen LogP contribution in [0.1, 0.15) is 10.4 Å². The van der Waals surface area contributed by atoms with Gasteiger partial charge in [-0.3, -0.25) is 4.79 Å². The molecule has 0 saturated carbocycles. The molecule has 1 aliphatic rings. The number of ether oxygens (including phenoxy) is 1. The second-order valence-electron chi connectivity index (χ2n) is 5.19. The number of nitrogens with one attached hydrogen (secondary N) is 1. The quantitative estimate of drug-likeness (QED) is 0.844. The Morgan fingerprint density at radius 1 is 1.26 bits per heavy atom. The monoisotopic (exact) mass is 332 g/mol. The van der Waals surface area contributed by atoms with Crippen LogP contribution in [-0.4, -0.2) is 37.2 Å². The Labute approximate surface area is 139 Å². The van der Waals surface area contributed by atoms with Crippen molar-refractivity contribution in [3.63, 3.8) is 0 Å². The number of halogens is 1. The predicted molar refractivity (Wildman–Crippen MR) is 91.1 cm³/mol. The highest BCUT2D eigenvalue weighted by Gasteiger charge is 2.15. The molecule has 0 radical (unpaired) electrons. The Morgan fingerprint density at radius 3 is 2.78 bits per heavy atom. The molecule has 0 unspecified atom stereocenters. The van der Waals surface area contributed by atoms with Gasteiger partial charge in [0.05, 0.1) is 23.9 Å². The number of nitrogens with two attached hydrogens (primary N) is 1. The zero-order valence-corrected chi connectivity index (χ0v) is 13.2. The fourth-order valence-electron chi connectivity index (χ4n) is 2.35. The molecule has 0 bridgehead atoms. The summed E-state index contributed by atoms with van der Waals surface area (Å²) in [7, 11) is 0. The number of benzene rings is 1. The lowest BCUT2D eigenvalue weighted by atomic mass is 10.2. The van der Waals surface area contributed by atoms with Gasteiger partial charge in [-0.05, 0) is 30.3 Å². The molecule has 3 rings (SSSR count). The van der Waals surface area contributed by atoms with Gasteiger partial charge in [-0.2, -0.15) is 0 Å². The lowest BCUT2D eigenvalue weighted by Crippen LogP contribution is -2.36. The highest BCUT2D eigenvalue weighted by atomic mass is 35.5. The molecule has 120 valence electrons. The third kappa shape index (κ3) is 3.72. The average Bonchev–Trinajstić information content (AvgIpc) is 2.59. The molecule has 1 aliphatic heterocycles. The minimum absolute atomic E-state index is 0.219. The van der Waals surface area contributed by atoms with Crippen LogP contribution in [0.3, 0.4) is 0 Å². The van der Waals surface area contributed by atoms with E-state index < -0.39 is 0 Å². The molecule has 6 nitrogen and oxygen atoms in total. The minimum atomic E-state index is -0.219. The maximum Gasteiger partial charge on any atom is 0.255 e. The van der Waals surface area contributed by atoms with Gasteiger partial charge in [0.2, 0.25) is 0 Å². The summed E-state index contributed by atoms with van der Waals surface area (Å²) < 4.78 is 5.33. The summed E-state index contributed by atoms with van der Waals surface area (Å²) in [5.74, 6) is 0.556. The molecule has 1 amide bonds. The highest BCUT2D eigenvalue weighted by molar-refractivity contribution is 6.33. The number of carbonyl (C=O) groups excluding carboxylic acids is 1. The van der Waals surface area contributed by atoms with Crippen LogP contribution < -0.4 is 16.0 Å². The van der Waals surface area contributed by atoms with E-state index in [0.717, 1.165) is 18.9 Å². The first kappa shape index (κ1) is 15.6. The van der Waals surface area contributed by atoms with E-state index in [9.17, 15) is 4.79 Å². The average molecular weight is 333 g/mol. The number of pyridine rings is 1. The fourth-order valence-corrected chi connectivity index (χ4v) is 2.47. The van der Waals surface area contributed by atoms with E-state index in [1.165, 1.54) is 0 Å². The maximum absolute atomic E-state index is 12.4. The number of hydrogen-bond donors (Lipinski definition) is 2. The molecule has 2 aromatic rings. The summed E-state index contributed by atoms with van der Waals surface area (Å²) in [5.41, 5.74) is 7.30. The summed E-state index contributed by atoms with van der Waals surface area (Å²) >= 11 is 5.88. The molecule has 1 saturated heterocycles. The van der Waals surface area contributed by atoms with Crippen molar-refractivity contribution < 1.29 is 9.53 Å². The molecule has 3 N–H and O–H groups in total. The fraction of sp³-hybridized carbons (Fsp3) is 0.250. The van der Waals surface area contributed by atoms with Gasteiger partial charge < -0.3 is 20.7 Å². The first-order valence-electron chi connectivity index (χ1n) is 7.28. The van der Waals surface area contributed by atoms with Crippen molar-refractivity contribution >= 4 is 34.7 Å². The Morgan fingerprint density at radius 2 is 2.04 bits per heavy atom. The van der Waals surface area contributed by atoms with Gasteiger partial charge in [-0.25, -0.2) is 4.98 Å². The number of aromatic nitrogens is 1. The molecule has 2 heterocycles. The van der Waals surface area contributed by atoms with Crippen molar-refractivity contribution in [2.75, 3.05) is 42.3 Å². The summed E-state index contributed by atoms with van der Waals surface area (Å²) in [6, 6.07) is 8.45. The molecular formula is C16H17ClN4O2. The Hall–Kier alpha value is -2.31. The van der Waals surface area contributed by atoms with Crippen LogP contribution in [0.4, 0.5) is 17.2 Å². The summed E-state index contributed by atoms with van der Waals surface area (Å²) in [6.07, 6.45) is 1.63. The summed E-state index contributed by atoms with van der Waals surface area (Å²) in [4.78, 5) is 18.8. The van der Waals surface area contributed by atoms with Gasteiger partial charge in [-0.1, -0.05) is 11.6 Å². The molecule has 0 aliphatic carbocycles. The summed E-state index contributed by atoms with van der Waals surface area (Å²) in [6.45, 7) is 2.88. The lowest BCUT2D eigenvalue weighted by Gasteiger charge is -2.27. The smallest absolute Gasteiger partial charge is 0.255 e. The van der Waals surface area contributed by atoms with Crippen LogP contribution in [0.25, 0.3) is 0 Å². The Kier molecular flexibility index (Phi) is 4.64. The molecule has 7 heteroatoms. The molecule has 0 atom stereocenters. The molecule has 23 heavy (non-hydrogen) atoms. The van der Waals surface area contributed by atoms with Crippen LogP contribution in [-0.2, 0) is 4.74 Å². The minimum Gasteiger partial charge on any atom is -0.397 e. The van der Waals surface area contributed by atoms with Crippen molar-refractivity contribution in [1.82, 2.24) is 4.98 Å². The number of amides is 1. The van der Waals surface area contributed by atoms with Crippen LogP contribution in [0.5, 0.6) is 0 Å². The largest absolute Gasteiger partial charge is 0.397 e. The van der Waals surface area contributed by atoms with Crippen molar-refractivity contribution in [3.05, 3.63) is 47.1 Å². The van der Waals surface area contributed by atoms with Crippen molar-refractivity contribution in [1.29, 1.82) is 0 Å². The summed E-state index contributed by atoms with van der Waals surface area (Å²) in [5, 5.41) is 3.27. The standard InChI is InChI=1S/C16H17ClN4O2/c17-13-2-1-12(10-14(13)18)20-16(22)11-3-4-19-15(9-11)21-5-7-23-8-6-21/h1-4,9-10H,5-8,18H2,(H,20,22). The van der Waals surface area contributed by atoms with Gasteiger partial charge >= 0.3 is 0 Å². The predicted octanol–water partition coefficient (Wildman–Crippen LogP) is 2.41. The van der Waals surface area contributed by atoms with Gasteiger partial charge in [0.1, 0.15) is 5.82 Å². The molecule has 1 aromatic heterocycles. The zero-order valence-electron chi connectivity index (χ0n) is 12.5. The van der Waals surface area contributed by atoms with Gasteiger partial charge in [0.15, 0.2) is 0 Å². The third-order valence-electron chi connectivity index (χ3n) is 3.60. The molecular weight excluding hydrogens is 316 g/mol. The number of carbonyl (C=O) groups is 1. The number of rotatable bonds is 3. The number of nitrogens with zero attached hydrogens (tertiary/aromatic N) is 2. The van der Waals surface area contributed by atoms with Crippen LogP contribution in [0.15, 0.2) is 36.5 Å². The second-order valence-corrected chi connectivity index (χ2v) is 5.60. The first-order valence-corrected chi connectivity index (χ1v) is 7.66. The van der Waals surface area contributed by atoms with E-state index in [4.69, 9.17) is 22.1 Å². The first-order chi connectivity index (χ1) is 11.1. The van der Waals surface area contributed by atoms with Crippen LogP contribution in [0.2, 0.25) is 5.02 Å². The maximum atomic E-state index is 12.4. The number of hydrogen-bond acceptors (Lipinski definition) is 5. The van der Waals surface area contributed by atoms with Crippen molar-refractivity contribution in [2.45, 2.75) is 0 Å². The molecule has 0 spiro atoms. The van der Waals surface area contributed by atoms with E-state index in [0.29, 0.717) is 35.2 Å². The SMILES string of the molecule is Nc1cc(NC(=O)c2ccnc(N3CCOCC3)c2)ccc1Cl. The number of nitrogen functional groups attached to an aromatic ring is 1. The van der Waals surface area contributed by atoms with E-state index in [1.54, 1.807) is 36.5 Å². The second kappa shape index (κ2) is 6.85. The number of morpholine rings is 1. The van der Waals surface area contributed by atoms with Gasteiger partial charge in [0.25, 0.3) is 5.91 Å². The van der Waals surface area contributed by atoms with E-state index in [-0.39, 0.29) is 5.91 Å². The normalized spacial score (nSPS) is 14.6. The van der Waals surface area contributed by atoms with E-state index in [1.807, 2.05) is 0 Å². The molecule has 1 fully saturated rings. The van der Waals surface area contributed by atoms with Crippen LogP contribution >= 0.6 is 11.6 Å². The highest BCUT2D eigenvalue weighted by Crippen LogP contribution is 2.23. The van der Waals surface area contributed by atoms with Gasteiger partial charge in [-0.15, -0.1) is 0 Å².